The van der Waals surface area contributed by atoms with Gasteiger partial charge in [0, 0.05) is 22.4 Å². The molecule has 0 bridgehead atoms. The van der Waals surface area contributed by atoms with E-state index < -0.39 is 18.6 Å². The second kappa shape index (κ2) is 5.27. The Balaban J connectivity index is 0. The van der Waals surface area contributed by atoms with Crippen LogP contribution in [0, 0.1) is 0 Å². The van der Waals surface area contributed by atoms with E-state index in [1.165, 1.54) is 0 Å². The van der Waals surface area contributed by atoms with Crippen LogP contribution in [-0.4, -0.2) is 28.8 Å². The minimum absolute atomic E-state index is 0. The minimum atomic E-state index is -1.18. The Labute approximate surface area is 62.2 Å². The molecule has 0 aliphatic heterocycles. The standard InChI is InChI=1S/C3H7NO3.Au/c4-2(1-5)3(6)7;/h2,5H,1,4H2,(H,6,7);/t2-;/m0./s1. The van der Waals surface area contributed by atoms with Crippen LogP contribution in [0.2, 0.25) is 0 Å². The van der Waals surface area contributed by atoms with Crippen molar-refractivity contribution in [3.63, 3.8) is 0 Å². The second-order valence-corrected chi connectivity index (χ2v) is 1.13. The molecule has 0 aromatic rings. The molecular weight excluding hydrogens is 295 g/mol. The maximum Gasteiger partial charge on any atom is 0.322 e. The molecule has 4 nitrogen and oxygen atoms in total. The van der Waals surface area contributed by atoms with E-state index in [1.807, 2.05) is 0 Å². The third-order valence-electron chi connectivity index (χ3n) is 0.514. The van der Waals surface area contributed by atoms with Crippen molar-refractivity contribution in [1.29, 1.82) is 0 Å². The minimum Gasteiger partial charge on any atom is -0.480 e. The van der Waals surface area contributed by atoms with E-state index >= 15 is 0 Å². The summed E-state index contributed by atoms with van der Waals surface area (Å²) in [6, 6.07) is -1.13. The third-order valence-corrected chi connectivity index (χ3v) is 0.514. The Morgan fingerprint density at radius 3 is 2.12 bits per heavy atom. The van der Waals surface area contributed by atoms with E-state index in [2.05, 4.69) is 0 Å². The maximum atomic E-state index is 9.65. The number of carboxylic acid groups (broad SMARTS) is 1. The van der Waals surface area contributed by atoms with Crippen LogP contribution in [0.4, 0.5) is 0 Å². The van der Waals surface area contributed by atoms with Crippen molar-refractivity contribution in [3.05, 3.63) is 0 Å². The maximum absolute atomic E-state index is 9.65. The van der Waals surface area contributed by atoms with Gasteiger partial charge in [-0.3, -0.25) is 4.79 Å². The second-order valence-electron chi connectivity index (χ2n) is 1.13. The molecule has 0 fully saturated rings. The van der Waals surface area contributed by atoms with Crippen LogP contribution in [0.25, 0.3) is 0 Å². The van der Waals surface area contributed by atoms with Gasteiger partial charge < -0.3 is 15.9 Å². The monoisotopic (exact) mass is 302 g/mol. The zero-order valence-corrected chi connectivity index (χ0v) is 6.13. The Morgan fingerprint density at radius 2 is 2.12 bits per heavy atom. The molecule has 0 aromatic carbocycles. The van der Waals surface area contributed by atoms with Gasteiger partial charge in [-0.25, -0.2) is 0 Å². The van der Waals surface area contributed by atoms with E-state index in [9.17, 15) is 4.79 Å². The fourth-order valence-electron chi connectivity index (χ4n) is 0.0781. The van der Waals surface area contributed by atoms with Gasteiger partial charge in [-0.2, -0.15) is 0 Å². The van der Waals surface area contributed by atoms with Gasteiger partial charge in [0.25, 0.3) is 0 Å². The van der Waals surface area contributed by atoms with Gasteiger partial charge in [0.05, 0.1) is 6.61 Å². The molecule has 0 saturated heterocycles. The Hall–Kier alpha value is 0.130. The molecule has 0 unspecified atom stereocenters. The van der Waals surface area contributed by atoms with Crippen LogP contribution in [0.5, 0.6) is 0 Å². The molecule has 1 radical (unpaired) electrons. The van der Waals surface area contributed by atoms with Gasteiger partial charge in [-0.05, 0) is 0 Å². The van der Waals surface area contributed by atoms with Gasteiger partial charge in [0.15, 0.2) is 0 Å². The number of hydrogen-bond acceptors (Lipinski definition) is 3. The summed E-state index contributed by atoms with van der Waals surface area (Å²) in [4.78, 5) is 9.65. The molecule has 1 atom stereocenters. The zero-order chi connectivity index (χ0) is 5.86. The Kier molecular flexibility index (Phi) is 7.25. The number of aliphatic hydroxyl groups is 1. The van der Waals surface area contributed by atoms with Crippen molar-refractivity contribution in [1.82, 2.24) is 0 Å². The average Bonchev–Trinajstić information content (AvgIpc) is 1.65. The fourth-order valence-corrected chi connectivity index (χ4v) is 0.0781. The predicted molar refractivity (Wildman–Crippen MR) is 22.7 cm³/mol. The van der Waals surface area contributed by atoms with Crippen molar-refractivity contribution in [2.24, 2.45) is 5.73 Å². The number of hydrogen-bond donors (Lipinski definition) is 3. The number of nitrogens with two attached hydrogens (primary N) is 1. The molecule has 0 saturated carbocycles. The largest absolute Gasteiger partial charge is 0.480 e. The van der Waals surface area contributed by atoms with Crippen molar-refractivity contribution < 1.29 is 37.4 Å². The topological polar surface area (TPSA) is 83.5 Å². The van der Waals surface area contributed by atoms with Gasteiger partial charge >= 0.3 is 5.97 Å². The number of aliphatic hydroxyl groups excluding tert-OH is 1. The molecule has 0 aliphatic carbocycles. The number of rotatable bonds is 2. The summed E-state index contributed by atoms with van der Waals surface area (Å²) in [6.07, 6.45) is 0. The first-order valence-electron chi connectivity index (χ1n) is 1.77. The summed E-state index contributed by atoms with van der Waals surface area (Å²) in [7, 11) is 0. The molecule has 0 rings (SSSR count). The predicted octanol–water partition coefficient (Wildman–Crippen LogP) is -1.61. The average molecular weight is 302 g/mol. The van der Waals surface area contributed by atoms with Gasteiger partial charge in [0.1, 0.15) is 6.04 Å². The van der Waals surface area contributed by atoms with Crippen molar-refractivity contribution >= 4 is 5.97 Å². The van der Waals surface area contributed by atoms with E-state index in [4.69, 9.17) is 15.9 Å². The fraction of sp³-hybridized carbons (Fsp3) is 0.667. The van der Waals surface area contributed by atoms with E-state index in [1.54, 1.807) is 0 Å². The van der Waals surface area contributed by atoms with Crippen LogP contribution >= 0.6 is 0 Å². The van der Waals surface area contributed by atoms with Crippen molar-refractivity contribution in [2.75, 3.05) is 6.61 Å². The summed E-state index contributed by atoms with van der Waals surface area (Å²) >= 11 is 0. The molecule has 5 heteroatoms. The first-order chi connectivity index (χ1) is 3.18. The Bertz CT molecular complexity index is 76.9. The first-order valence-corrected chi connectivity index (χ1v) is 1.77. The quantitative estimate of drug-likeness (QED) is 0.536. The zero-order valence-electron chi connectivity index (χ0n) is 3.97. The molecule has 53 valence electrons. The Morgan fingerprint density at radius 1 is 1.75 bits per heavy atom. The normalized spacial score (nSPS) is 11.8. The number of carboxylic acids is 1. The van der Waals surface area contributed by atoms with E-state index in [-0.39, 0.29) is 22.4 Å². The van der Waals surface area contributed by atoms with E-state index in [0.717, 1.165) is 0 Å². The van der Waals surface area contributed by atoms with E-state index in [0.29, 0.717) is 0 Å². The summed E-state index contributed by atoms with van der Waals surface area (Å²) in [5, 5.41) is 15.9. The molecule has 0 aliphatic rings. The molecule has 4 N–H and O–H groups in total. The van der Waals surface area contributed by atoms with Crippen LogP contribution < -0.4 is 5.73 Å². The smallest absolute Gasteiger partial charge is 0.322 e. The van der Waals surface area contributed by atoms with Crippen molar-refractivity contribution in [3.8, 4) is 0 Å². The molecule has 0 heterocycles. The molecular formula is C3H7AuNO3. The summed E-state index contributed by atoms with van der Waals surface area (Å²) < 4.78 is 0. The van der Waals surface area contributed by atoms with Crippen LogP contribution in [0.3, 0.4) is 0 Å². The van der Waals surface area contributed by atoms with Gasteiger partial charge in [0.2, 0.25) is 0 Å². The molecule has 0 spiro atoms. The van der Waals surface area contributed by atoms with Crippen LogP contribution in [0.15, 0.2) is 0 Å². The van der Waals surface area contributed by atoms with Gasteiger partial charge in [-0.15, -0.1) is 0 Å². The van der Waals surface area contributed by atoms with Crippen LogP contribution in [-0.2, 0) is 27.2 Å². The molecule has 0 amide bonds. The van der Waals surface area contributed by atoms with Crippen molar-refractivity contribution in [2.45, 2.75) is 6.04 Å². The molecule has 0 aromatic heterocycles. The third kappa shape index (κ3) is 4.29. The van der Waals surface area contributed by atoms with Gasteiger partial charge in [-0.1, -0.05) is 0 Å². The number of carbonyl (C=O) groups is 1. The number of aliphatic carboxylic acids is 1. The van der Waals surface area contributed by atoms with Crippen LogP contribution in [0.1, 0.15) is 0 Å². The summed E-state index contributed by atoms with van der Waals surface area (Å²) in [5.74, 6) is -1.18. The SMILES string of the molecule is N[C@@H](CO)C(=O)O.[Au]. The first kappa shape index (κ1) is 11.0. The molecule has 8 heavy (non-hydrogen) atoms. The summed E-state index contributed by atoms with van der Waals surface area (Å²) in [6.45, 7) is -0.505. The summed E-state index contributed by atoms with van der Waals surface area (Å²) in [5.41, 5.74) is 4.77.